The largest absolute Gasteiger partial charge is 0.368 e. The molecule has 126 valence electrons. The third-order valence-electron chi connectivity index (χ3n) is 3.12. The van der Waals surface area contributed by atoms with Crippen LogP contribution >= 0.6 is 11.6 Å². The van der Waals surface area contributed by atoms with Crippen LogP contribution in [0.25, 0.3) is 0 Å². The van der Waals surface area contributed by atoms with Crippen LogP contribution in [0.15, 0.2) is 53.4 Å². The van der Waals surface area contributed by atoms with Gasteiger partial charge in [-0.2, -0.15) is 4.72 Å². The van der Waals surface area contributed by atoms with Gasteiger partial charge in [-0.3, -0.25) is 14.9 Å². The fourth-order valence-electron chi connectivity index (χ4n) is 1.96. The lowest BCUT2D eigenvalue weighted by Crippen LogP contribution is -2.37. The van der Waals surface area contributed by atoms with Crippen molar-refractivity contribution in [3.63, 3.8) is 0 Å². The molecule has 10 heteroatoms. The molecule has 0 aliphatic rings. The van der Waals surface area contributed by atoms with E-state index in [4.69, 9.17) is 17.3 Å². The van der Waals surface area contributed by atoms with Crippen LogP contribution in [0, 0.1) is 10.1 Å². The average Bonchev–Trinajstić information content (AvgIpc) is 2.53. The zero-order valence-corrected chi connectivity index (χ0v) is 13.6. The summed E-state index contributed by atoms with van der Waals surface area (Å²) in [5.41, 5.74) is 5.05. The summed E-state index contributed by atoms with van der Waals surface area (Å²) in [6, 6.07) is 9.68. The maximum absolute atomic E-state index is 12.4. The van der Waals surface area contributed by atoms with Crippen molar-refractivity contribution in [3.8, 4) is 0 Å². The molecule has 24 heavy (non-hydrogen) atoms. The molecule has 0 saturated heterocycles. The van der Waals surface area contributed by atoms with Gasteiger partial charge in [0.1, 0.15) is 11.1 Å². The summed E-state index contributed by atoms with van der Waals surface area (Å²) < 4.78 is 27.0. The van der Waals surface area contributed by atoms with E-state index in [1.165, 1.54) is 12.1 Å². The molecule has 1 amide bonds. The van der Waals surface area contributed by atoms with Crippen molar-refractivity contribution in [2.24, 2.45) is 5.73 Å². The second kappa shape index (κ2) is 6.95. The Hall–Kier alpha value is -2.49. The van der Waals surface area contributed by atoms with Gasteiger partial charge in [0.25, 0.3) is 5.69 Å². The lowest BCUT2D eigenvalue weighted by molar-refractivity contribution is -0.384. The molecule has 0 aliphatic carbocycles. The topological polar surface area (TPSA) is 132 Å². The van der Waals surface area contributed by atoms with Gasteiger partial charge in [-0.25, -0.2) is 8.42 Å². The van der Waals surface area contributed by atoms with Crippen LogP contribution in [0.5, 0.6) is 0 Å². The molecule has 0 saturated carbocycles. The molecule has 1 atom stereocenters. The molecular weight excluding hydrogens is 358 g/mol. The Kier molecular flexibility index (Phi) is 5.17. The van der Waals surface area contributed by atoms with Gasteiger partial charge in [-0.05, 0) is 17.7 Å². The third-order valence-corrected chi connectivity index (χ3v) is 4.86. The summed E-state index contributed by atoms with van der Waals surface area (Å²) in [5.74, 6) is -0.909. The number of nitrogens with two attached hydrogens (primary N) is 1. The van der Waals surface area contributed by atoms with E-state index in [-0.39, 0.29) is 5.02 Å². The monoisotopic (exact) mass is 369 g/mol. The van der Waals surface area contributed by atoms with E-state index in [0.29, 0.717) is 5.56 Å². The van der Waals surface area contributed by atoms with Crippen LogP contribution in [0.4, 0.5) is 5.69 Å². The molecule has 2 aromatic rings. The highest BCUT2D eigenvalue weighted by Crippen LogP contribution is 2.27. The highest BCUT2D eigenvalue weighted by molar-refractivity contribution is 7.89. The van der Waals surface area contributed by atoms with Crippen molar-refractivity contribution < 1.29 is 18.1 Å². The number of nitro benzene ring substituents is 1. The highest BCUT2D eigenvalue weighted by atomic mass is 35.5. The molecule has 0 heterocycles. The minimum atomic E-state index is -4.24. The van der Waals surface area contributed by atoms with Gasteiger partial charge in [-0.15, -0.1) is 0 Å². The Labute approximate surface area is 142 Å². The lowest BCUT2D eigenvalue weighted by atomic mass is 10.1. The number of hydrogen-bond acceptors (Lipinski definition) is 5. The maximum Gasteiger partial charge on any atom is 0.289 e. The number of primary amides is 1. The number of benzene rings is 2. The normalized spacial score (nSPS) is 12.5. The summed E-state index contributed by atoms with van der Waals surface area (Å²) >= 11 is 5.66. The molecular formula is C14H12ClN3O5S. The van der Waals surface area contributed by atoms with Gasteiger partial charge < -0.3 is 5.73 Å². The number of nitro groups is 1. The Balaban J connectivity index is 2.41. The average molecular weight is 370 g/mol. The van der Waals surface area contributed by atoms with Gasteiger partial charge in [0.2, 0.25) is 15.9 Å². The van der Waals surface area contributed by atoms with Crippen molar-refractivity contribution in [1.29, 1.82) is 0 Å². The standard InChI is InChI=1S/C14H12ClN3O5S/c15-11-7-6-10(8-12(11)18(20)21)24(22,23)17-13(14(16)19)9-4-2-1-3-5-9/h1-8,13,17H,(H2,16,19)/t13-/m1/s1. The minimum absolute atomic E-state index is 0.200. The summed E-state index contributed by atoms with van der Waals surface area (Å²) in [7, 11) is -4.24. The van der Waals surface area contributed by atoms with Gasteiger partial charge in [0.05, 0.1) is 9.82 Å². The van der Waals surface area contributed by atoms with Gasteiger partial charge in [0.15, 0.2) is 0 Å². The number of amides is 1. The Bertz CT molecular complexity index is 887. The Morgan fingerprint density at radius 1 is 1.21 bits per heavy atom. The van der Waals surface area contributed by atoms with Crippen molar-refractivity contribution in [1.82, 2.24) is 4.72 Å². The summed E-state index contributed by atoms with van der Waals surface area (Å²) in [6.45, 7) is 0. The fraction of sp³-hybridized carbons (Fsp3) is 0.0714. The molecule has 0 radical (unpaired) electrons. The second-order valence-corrected chi connectivity index (χ2v) is 6.86. The fourth-order valence-corrected chi connectivity index (χ4v) is 3.36. The molecule has 8 nitrogen and oxygen atoms in total. The first kappa shape index (κ1) is 17.9. The Morgan fingerprint density at radius 3 is 2.38 bits per heavy atom. The first-order valence-electron chi connectivity index (χ1n) is 6.53. The summed E-state index contributed by atoms with van der Waals surface area (Å²) in [5, 5.41) is 10.7. The predicted molar refractivity (Wildman–Crippen MR) is 86.8 cm³/mol. The van der Waals surface area contributed by atoms with Crippen LogP contribution < -0.4 is 10.5 Å². The molecule has 0 bridgehead atoms. The molecule has 0 aliphatic heterocycles. The van der Waals surface area contributed by atoms with Gasteiger partial charge in [0, 0.05) is 6.07 Å². The predicted octanol–water partition coefficient (Wildman–Crippen LogP) is 1.75. The molecule has 0 unspecified atom stereocenters. The van der Waals surface area contributed by atoms with E-state index >= 15 is 0 Å². The second-order valence-electron chi connectivity index (χ2n) is 4.74. The first-order valence-corrected chi connectivity index (χ1v) is 8.39. The van der Waals surface area contributed by atoms with Crippen molar-refractivity contribution in [2.45, 2.75) is 10.9 Å². The molecule has 0 spiro atoms. The van der Waals surface area contributed by atoms with Crippen LogP contribution in [-0.4, -0.2) is 19.2 Å². The SMILES string of the molecule is NC(=O)[C@H](NS(=O)(=O)c1ccc(Cl)c([N+](=O)[O-])c1)c1ccccc1. The lowest BCUT2D eigenvalue weighted by Gasteiger charge is -2.16. The van der Waals surface area contributed by atoms with E-state index in [9.17, 15) is 23.3 Å². The molecule has 0 aromatic heterocycles. The van der Waals surface area contributed by atoms with Crippen LogP contribution in [0.2, 0.25) is 5.02 Å². The van der Waals surface area contributed by atoms with Crippen LogP contribution in [0.3, 0.4) is 0 Å². The minimum Gasteiger partial charge on any atom is -0.368 e. The number of sulfonamides is 1. The molecule has 2 rings (SSSR count). The summed E-state index contributed by atoms with van der Waals surface area (Å²) in [6.07, 6.45) is 0. The van der Waals surface area contributed by atoms with Gasteiger partial charge in [-0.1, -0.05) is 41.9 Å². The first-order chi connectivity index (χ1) is 11.2. The Morgan fingerprint density at radius 2 is 1.83 bits per heavy atom. The van der Waals surface area contributed by atoms with E-state index in [1.807, 2.05) is 0 Å². The van der Waals surface area contributed by atoms with Crippen molar-refractivity contribution in [2.75, 3.05) is 0 Å². The molecule has 3 N–H and O–H groups in total. The smallest absolute Gasteiger partial charge is 0.289 e. The number of halogens is 1. The van der Waals surface area contributed by atoms with E-state index in [0.717, 1.165) is 18.2 Å². The van der Waals surface area contributed by atoms with Gasteiger partial charge >= 0.3 is 0 Å². The zero-order valence-electron chi connectivity index (χ0n) is 12.0. The van der Waals surface area contributed by atoms with Crippen LogP contribution in [-0.2, 0) is 14.8 Å². The van der Waals surface area contributed by atoms with E-state index in [1.54, 1.807) is 18.2 Å². The molecule has 2 aromatic carbocycles. The number of nitrogens with one attached hydrogen (secondary N) is 1. The van der Waals surface area contributed by atoms with Crippen molar-refractivity contribution >= 4 is 33.2 Å². The highest BCUT2D eigenvalue weighted by Gasteiger charge is 2.27. The van der Waals surface area contributed by atoms with Crippen LogP contribution in [0.1, 0.15) is 11.6 Å². The number of rotatable bonds is 6. The third kappa shape index (κ3) is 3.88. The number of carbonyl (C=O) groups is 1. The van der Waals surface area contributed by atoms with E-state index in [2.05, 4.69) is 4.72 Å². The number of carbonyl (C=O) groups excluding carboxylic acids is 1. The van der Waals surface area contributed by atoms with E-state index < -0.39 is 37.5 Å². The van der Waals surface area contributed by atoms with Crippen molar-refractivity contribution in [3.05, 3.63) is 69.2 Å². The molecule has 0 fully saturated rings. The quantitative estimate of drug-likeness (QED) is 0.591. The summed E-state index contributed by atoms with van der Waals surface area (Å²) in [4.78, 5) is 21.3. The maximum atomic E-state index is 12.4. The number of hydrogen-bond donors (Lipinski definition) is 2. The number of nitrogens with zero attached hydrogens (tertiary/aromatic N) is 1. The zero-order chi connectivity index (χ0) is 17.9.